The Bertz CT molecular complexity index is 308. The predicted molar refractivity (Wildman–Crippen MR) is 48.1 cm³/mol. The minimum atomic E-state index is -0.197. The molecule has 0 bridgehead atoms. The summed E-state index contributed by atoms with van der Waals surface area (Å²) in [6, 6.07) is 0. The van der Waals surface area contributed by atoms with Crippen molar-refractivity contribution in [2.24, 2.45) is 0 Å². The summed E-state index contributed by atoms with van der Waals surface area (Å²) in [4.78, 5) is 10.9. The van der Waals surface area contributed by atoms with E-state index >= 15 is 0 Å². The number of amides is 1. The second-order valence-electron chi connectivity index (χ2n) is 2.53. The van der Waals surface area contributed by atoms with Crippen LogP contribution in [-0.4, -0.2) is 11.1 Å². The van der Waals surface area contributed by atoms with Crippen LogP contribution in [0.5, 0.6) is 0 Å². The van der Waals surface area contributed by atoms with E-state index in [0.29, 0.717) is 5.88 Å². The summed E-state index contributed by atoms with van der Waals surface area (Å²) in [7, 11) is 0. The van der Waals surface area contributed by atoms with Gasteiger partial charge in [0.05, 0.1) is 5.69 Å². The first kappa shape index (κ1) is 9.12. The molecule has 0 radical (unpaired) electrons. The highest BCUT2D eigenvalue weighted by molar-refractivity contribution is 7.82. The van der Waals surface area contributed by atoms with Crippen molar-refractivity contribution >= 4 is 24.6 Å². The van der Waals surface area contributed by atoms with E-state index in [1.165, 1.54) is 6.92 Å². The molecule has 0 N–H and O–H groups in total. The van der Waals surface area contributed by atoms with Gasteiger partial charge in [0.15, 0.2) is 0 Å². The van der Waals surface area contributed by atoms with Gasteiger partial charge in [-0.05, 0) is 13.8 Å². The minimum absolute atomic E-state index is 0.197. The molecule has 1 aromatic heterocycles. The molecule has 0 fully saturated rings. The van der Waals surface area contributed by atoms with E-state index in [4.69, 9.17) is 4.52 Å². The minimum Gasteiger partial charge on any atom is -0.337 e. The standard InChI is InChI=1S/C7H10N2O2S/c1-4-5(2)8-11-7(4)9(12)6(3)10/h12H,1-3H3. The SMILES string of the molecule is CC(=O)N(S)c1onc(C)c1C. The van der Waals surface area contributed by atoms with Crippen molar-refractivity contribution in [3.8, 4) is 0 Å². The number of anilines is 1. The van der Waals surface area contributed by atoms with Crippen LogP contribution in [0.25, 0.3) is 0 Å². The third-order valence-electron chi connectivity index (χ3n) is 1.62. The van der Waals surface area contributed by atoms with Gasteiger partial charge in [-0.25, -0.2) is 4.31 Å². The number of thiol groups is 1. The van der Waals surface area contributed by atoms with Crippen molar-refractivity contribution in [1.82, 2.24) is 5.16 Å². The van der Waals surface area contributed by atoms with Gasteiger partial charge >= 0.3 is 0 Å². The lowest BCUT2D eigenvalue weighted by molar-refractivity contribution is -0.115. The molecule has 0 saturated heterocycles. The zero-order valence-electron chi connectivity index (χ0n) is 7.16. The van der Waals surface area contributed by atoms with E-state index in [9.17, 15) is 4.79 Å². The molecule has 0 aliphatic rings. The first-order valence-corrected chi connectivity index (χ1v) is 3.86. The van der Waals surface area contributed by atoms with Crippen molar-refractivity contribution in [2.45, 2.75) is 20.8 Å². The van der Waals surface area contributed by atoms with Gasteiger partial charge in [0, 0.05) is 12.5 Å². The molecule has 0 saturated carbocycles. The highest BCUT2D eigenvalue weighted by Gasteiger charge is 2.16. The number of hydrogen-bond donors (Lipinski definition) is 1. The number of carbonyl (C=O) groups is 1. The molecule has 1 aromatic rings. The van der Waals surface area contributed by atoms with Crippen LogP contribution in [0.2, 0.25) is 0 Å². The lowest BCUT2D eigenvalue weighted by Gasteiger charge is -2.08. The quantitative estimate of drug-likeness (QED) is 0.676. The number of aryl methyl sites for hydroxylation is 1. The molecular weight excluding hydrogens is 176 g/mol. The highest BCUT2D eigenvalue weighted by atomic mass is 32.1. The Morgan fingerprint density at radius 2 is 2.17 bits per heavy atom. The van der Waals surface area contributed by atoms with Gasteiger partial charge in [0.1, 0.15) is 0 Å². The van der Waals surface area contributed by atoms with Gasteiger partial charge in [0.25, 0.3) is 0 Å². The lowest BCUT2D eigenvalue weighted by atomic mass is 10.3. The first-order valence-electron chi connectivity index (χ1n) is 3.46. The summed E-state index contributed by atoms with van der Waals surface area (Å²) < 4.78 is 6.03. The lowest BCUT2D eigenvalue weighted by Crippen LogP contribution is -2.16. The Kier molecular flexibility index (Phi) is 2.42. The second kappa shape index (κ2) is 3.18. The van der Waals surface area contributed by atoms with Gasteiger partial charge < -0.3 is 4.52 Å². The van der Waals surface area contributed by atoms with Crippen molar-refractivity contribution in [3.63, 3.8) is 0 Å². The molecule has 1 rings (SSSR count). The number of hydrogen-bond acceptors (Lipinski definition) is 4. The molecule has 0 atom stereocenters. The van der Waals surface area contributed by atoms with Crippen molar-refractivity contribution < 1.29 is 9.32 Å². The third kappa shape index (κ3) is 1.45. The van der Waals surface area contributed by atoms with Crippen LogP contribution >= 0.6 is 12.8 Å². The Hall–Kier alpha value is -0.970. The normalized spacial score (nSPS) is 10.0. The Labute approximate surface area is 76.1 Å². The van der Waals surface area contributed by atoms with E-state index in [0.717, 1.165) is 15.6 Å². The molecule has 0 aliphatic carbocycles. The second-order valence-corrected chi connectivity index (χ2v) is 2.93. The van der Waals surface area contributed by atoms with Crippen LogP contribution in [0.3, 0.4) is 0 Å². The molecule has 1 amide bonds. The highest BCUT2D eigenvalue weighted by Crippen LogP contribution is 2.23. The zero-order valence-corrected chi connectivity index (χ0v) is 8.05. The topological polar surface area (TPSA) is 46.3 Å². The van der Waals surface area contributed by atoms with Gasteiger partial charge in [-0.2, -0.15) is 0 Å². The molecule has 5 heteroatoms. The largest absolute Gasteiger partial charge is 0.337 e. The first-order chi connectivity index (χ1) is 5.54. The van der Waals surface area contributed by atoms with Crippen molar-refractivity contribution in [2.75, 3.05) is 4.31 Å². The van der Waals surface area contributed by atoms with Gasteiger partial charge in [-0.3, -0.25) is 4.79 Å². The number of aromatic nitrogens is 1. The summed E-state index contributed by atoms with van der Waals surface area (Å²) >= 11 is 3.95. The molecule has 0 spiro atoms. The Balaban J connectivity index is 3.03. The van der Waals surface area contributed by atoms with E-state index in [1.54, 1.807) is 0 Å². The van der Waals surface area contributed by atoms with Gasteiger partial charge in [-0.15, -0.1) is 0 Å². The van der Waals surface area contributed by atoms with E-state index in [-0.39, 0.29) is 5.91 Å². The fourth-order valence-corrected chi connectivity index (χ4v) is 0.930. The van der Waals surface area contributed by atoms with Crippen LogP contribution in [0, 0.1) is 13.8 Å². The monoisotopic (exact) mass is 186 g/mol. The number of nitrogens with zero attached hydrogens (tertiary/aromatic N) is 2. The molecule has 0 aromatic carbocycles. The van der Waals surface area contributed by atoms with Gasteiger partial charge in [-0.1, -0.05) is 18.0 Å². The average molecular weight is 186 g/mol. The maximum absolute atomic E-state index is 10.9. The average Bonchev–Trinajstić information content (AvgIpc) is 2.32. The number of rotatable bonds is 1. The molecular formula is C7H10N2O2S. The maximum Gasteiger partial charge on any atom is 0.247 e. The van der Waals surface area contributed by atoms with E-state index < -0.39 is 0 Å². The third-order valence-corrected chi connectivity index (χ3v) is 2.09. The molecule has 0 aliphatic heterocycles. The number of carbonyl (C=O) groups excluding carboxylic acids is 1. The van der Waals surface area contributed by atoms with E-state index in [1.807, 2.05) is 13.8 Å². The molecule has 1 heterocycles. The summed E-state index contributed by atoms with van der Waals surface area (Å²) in [5.74, 6) is 0.195. The van der Waals surface area contributed by atoms with E-state index in [2.05, 4.69) is 18.0 Å². The molecule has 12 heavy (non-hydrogen) atoms. The summed E-state index contributed by atoms with van der Waals surface area (Å²) in [6.45, 7) is 5.04. The van der Waals surface area contributed by atoms with Gasteiger partial charge in [0.2, 0.25) is 11.8 Å². The fourth-order valence-electron chi connectivity index (χ4n) is 0.744. The van der Waals surface area contributed by atoms with Crippen LogP contribution in [0.15, 0.2) is 4.52 Å². The van der Waals surface area contributed by atoms with Crippen molar-refractivity contribution in [3.05, 3.63) is 11.3 Å². The van der Waals surface area contributed by atoms with Crippen LogP contribution < -0.4 is 4.31 Å². The zero-order chi connectivity index (χ0) is 9.30. The summed E-state index contributed by atoms with van der Waals surface area (Å²) in [6.07, 6.45) is 0. The molecule has 4 nitrogen and oxygen atoms in total. The van der Waals surface area contributed by atoms with Crippen molar-refractivity contribution in [1.29, 1.82) is 0 Å². The van der Waals surface area contributed by atoms with Crippen LogP contribution in [0.4, 0.5) is 5.88 Å². The summed E-state index contributed by atoms with van der Waals surface area (Å²) in [5.41, 5.74) is 1.60. The predicted octanol–water partition coefficient (Wildman–Crippen LogP) is 1.49. The molecule has 0 unspecified atom stereocenters. The molecule has 66 valence electrons. The van der Waals surface area contributed by atoms with Crippen LogP contribution in [-0.2, 0) is 4.79 Å². The van der Waals surface area contributed by atoms with Crippen LogP contribution in [0.1, 0.15) is 18.2 Å². The maximum atomic E-state index is 10.9. The Morgan fingerprint density at radius 1 is 1.58 bits per heavy atom. The summed E-state index contributed by atoms with van der Waals surface area (Å²) in [5, 5.41) is 3.70. The fraction of sp³-hybridized carbons (Fsp3) is 0.429. The smallest absolute Gasteiger partial charge is 0.247 e. The Morgan fingerprint density at radius 3 is 2.50 bits per heavy atom.